The second kappa shape index (κ2) is 8.62. The number of nitrogens with zero attached hydrogens (tertiary/aromatic N) is 4. The van der Waals surface area contributed by atoms with E-state index in [4.69, 9.17) is 11.6 Å². The number of imidazole rings is 1. The first kappa shape index (κ1) is 20.6. The molecule has 1 aromatic heterocycles. The van der Waals surface area contributed by atoms with Gasteiger partial charge < -0.3 is 14.8 Å². The average molecular weight is 428 g/mol. The third kappa shape index (κ3) is 4.00. The number of likely N-dealkylation sites (N-methyl/N-ethyl adjacent to an activating group) is 1. The minimum atomic E-state index is -0.266. The van der Waals surface area contributed by atoms with Crippen LogP contribution in [0.15, 0.2) is 42.6 Å². The molecule has 158 valence electrons. The predicted molar refractivity (Wildman–Crippen MR) is 117 cm³/mol. The molecule has 1 N–H and O–H groups in total. The zero-order chi connectivity index (χ0) is 21.3. The maximum atomic E-state index is 12.8. The first-order valence-electron chi connectivity index (χ1n) is 10.3. The molecule has 1 saturated heterocycles. The Labute approximate surface area is 181 Å². The number of carbonyl (C=O) groups excluding carboxylic acids is 2. The fourth-order valence-electron chi connectivity index (χ4n) is 4.20. The standard InChI is InChI=1S/C22H26ClN5O2/c1-15-21-24-14-19(22(30)25-18-8-4-3-7-17(18)23)28(21)13-12-27(15)20(29)10-9-16-6-5-11-26(16)2/h3-4,7-10,14-16H,5-6,11-13H2,1-2H3,(H,25,30)/b10-9+/t15?,16-/m1/s1. The van der Waals surface area contributed by atoms with E-state index >= 15 is 0 Å². The summed E-state index contributed by atoms with van der Waals surface area (Å²) >= 11 is 6.15. The van der Waals surface area contributed by atoms with Crippen molar-refractivity contribution >= 4 is 29.1 Å². The summed E-state index contributed by atoms with van der Waals surface area (Å²) in [4.78, 5) is 34.1. The van der Waals surface area contributed by atoms with Crippen molar-refractivity contribution in [2.24, 2.45) is 0 Å². The highest BCUT2D eigenvalue weighted by atomic mass is 35.5. The molecule has 8 heteroatoms. The zero-order valence-electron chi connectivity index (χ0n) is 17.2. The number of rotatable bonds is 4. The van der Waals surface area contributed by atoms with Crippen LogP contribution in [-0.2, 0) is 11.3 Å². The van der Waals surface area contributed by atoms with E-state index in [1.165, 1.54) is 0 Å². The number of halogens is 1. The third-order valence-electron chi connectivity index (χ3n) is 5.97. The number of fused-ring (bicyclic) bond motifs is 1. The van der Waals surface area contributed by atoms with E-state index in [1.54, 1.807) is 24.4 Å². The van der Waals surface area contributed by atoms with E-state index < -0.39 is 0 Å². The topological polar surface area (TPSA) is 70.5 Å². The minimum Gasteiger partial charge on any atom is -0.327 e. The van der Waals surface area contributed by atoms with Crippen molar-refractivity contribution in [1.82, 2.24) is 19.4 Å². The molecule has 0 bridgehead atoms. The molecule has 4 rings (SSSR count). The number of amides is 2. The molecule has 3 heterocycles. The zero-order valence-corrected chi connectivity index (χ0v) is 18.0. The first-order chi connectivity index (χ1) is 14.5. The van der Waals surface area contributed by atoms with Crippen molar-refractivity contribution in [1.29, 1.82) is 0 Å². The Hall–Kier alpha value is -2.64. The van der Waals surface area contributed by atoms with Gasteiger partial charge in [-0.3, -0.25) is 14.5 Å². The summed E-state index contributed by atoms with van der Waals surface area (Å²) in [6, 6.07) is 7.23. The number of para-hydroxylation sites is 1. The second-order valence-electron chi connectivity index (χ2n) is 7.84. The molecule has 1 unspecified atom stereocenters. The van der Waals surface area contributed by atoms with Crippen LogP contribution >= 0.6 is 11.6 Å². The van der Waals surface area contributed by atoms with E-state index in [1.807, 2.05) is 34.6 Å². The van der Waals surface area contributed by atoms with Crippen molar-refractivity contribution in [2.75, 3.05) is 25.5 Å². The lowest BCUT2D eigenvalue weighted by Crippen LogP contribution is -2.41. The van der Waals surface area contributed by atoms with Gasteiger partial charge in [0, 0.05) is 25.2 Å². The lowest BCUT2D eigenvalue weighted by atomic mass is 10.1. The summed E-state index contributed by atoms with van der Waals surface area (Å²) in [6.45, 7) is 4.06. The Morgan fingerprint density at radius 1 is 1.23 bits per heavy atom. The number of aromatic nitrogens is 2. The van der Waals surface area contributed by atoms with Gasteiger partial charge in [0.25, 0.3) is 5.91 Å². The van der Waals surface area contributed by atoms with Gasteiger partial charge in [0.15, 0.2) is 0 Å². The Kier molecular flexibility index (Phi) is 5.92. The van der Waals surface area contributed by atoms with Crippen LogP contribution in [0.25, 0.3) is 0 Å². The van der Waals surface area contributed by atoms with Crippen LogP contribution < -0.4 is 5.32 Å². The van der Waals surface area contributed by atoms with Gasteiger partial charge in [0.05, 0.1) is 22.9 Å². The Balaban J connectivity index is 1.47. The van der Waals surface area contributed by atoms with Gasteiger partial charge in [-0.25, -0.2) is 4.98 Å². The van der Waals surface area contributed by atoms with Gasteiger partial charge in [0.2, 0.25) is 5.91 Å². The summed E-state index contributed by atoms with van der Waals surface area (Å²) in [6.07, 6.45) is 7.51. The van der Waals surface area contributed by atoms with E-state index in [2.05, 4.69) is 22.2 Å². The van der Waals surface area contributed by atoms with Crippen LogP contribution in [0.3, 0.4) is 0 Å². The predicted octanol–water partition coefficient (Wildman–Crippen LogP) is 3.34. The lowest BCUT2D eigenvalue weighted by molar-refractivity contribution is -0.129. The monoisotopic (exact) mass is 427 g/mol. The van der Waals surface area contributed by atoms with E-state index in [-0.39, 0.29) is 17.9 Å². The van der Waals surface area contributed by atoms with Crippen LogP contribution in [0.4, 0.5) is 5.69 Å². The van der Waals surface area contributed by atoms with Crippen LogP contribution in [0.2, 0.25) is 5.02 Å². The smallest absolute Gasteiger partial charge is 0.273 e. The molecule has 2 amide bonds. The van der Waals surface area contributed by atoms with Crippen LogP contribution in [-0.4, -0.2) is 57.3 Å². The summed E-state index contributed by atoms with van der Waals surface area (Å²) in [5.41, 5.74) is 1.02. The summed E-state index contributed by atoms with van der Waals surface area (Å²) in [5.74, 6) is 0.433. The molecule has 0 spiro atoms. The van der Waals surface area contributed by atoms with Crippen LogP contribution in [0.5, 0.6) is 0 Å². The highest BCUT2D eigenvalue weighted by Gasteiger charge is 2.31. The minimum absolute atomic E-state index is 0.0147. The van der Waals surface area contributed by atoms with E-state index in [0.717, 1.165) is 19.4 Å². The van der Waals surface area contributed by atoms with Gasteiger partial charge in [-0.2, -0.15) is 0 Å². The van der Waals surface area contributed by atoms with Crippen molar-refractivity contribution < 1.29 is 9.59 Å². The van der Waals surface area contributed by atoms with Gasteiger partial charge in [0.1, 0.15) is 11.5 Å². The lowest BCUT2D eigenvalue weighted by Gasteiger charge is -2.33. The fourth-order valence-corrected chi connectivity index (χ4v) is 4.38. The summed E-state index contributed by atoms with van der Waals surface area (Å²) in [5, 5.41) is 3.32. The highest BCUT2D eigenvalue weighted by Crippen LogP contribution is 2.27. The van der Waals surface area contributed by atoms with Gasteiger partial charge in [-0.1, -0.05) is 29.8 Å². The maximum Gasteiger partial charge on any atom is 0.273 e. The number of carbonyl (C=O) groups is 2. The summed E-state index contributed by atoms with van der Waals surface area (Å²) in [7, 11) is 2.09. The molecule has 2 aromatic rings. The number of anilines is 1. The Morgan fingerprint density at radius 3 is 2.77 bits per heavy atom. The SMILES string of the molecule is CC1c2ncc(C(=O)Nc3ccccc3Cl)n2CCN1C(=O)/C=C/[C@H]1CCCN1C. The van der Waals surface area contributed by atoms with Gasteiger partial charge >= 0.3 is 0 Å². The maximum absolute atomic E-state index is 12.8. The second-order valence-corrected chi connectivity index (χ2v) is 8.25. The highest BCUT2D eigenvalue weighted by molar-refractivity contribution is 6.33. The number of hydrogen-bond acceptors (Lipinski definition) is 4. The van der Waals surface area contributed by atoms with E-state index in [9.17, 15) is 9.59 Å². The number of likely N-dealkylation sites (tertiary alicyclic amines) is 1. The van der Waals surface area contributed by atoms with Crippen LogP contribution in [0.1, 0.15) is 42.1 Å². The summed E-state index contributed by atoms with van der Waals surface area (Å²) < 4.78 is 1.88. The van der Waals surface area contributed by atoms with Crippen molar-refractivity contribution in [3.63, 3.8) is 0 Å². The quantitative estimate of drug-likeness (QED) is 0.759. The third-order valence-corrected chi connectivity index (χ3v) is 6.30. The molecule has 1 fully saturated rings. The van der Waals surface area contributed by atoms with Gasteiger partial charge in [-0.15, -0.1) is 0 Å². The van der Waals surface area contributed by atoms with Gasteiger partial charge in [-0.05, 0) is 45.5 Å². The van der Waals surface area contributed by atoms with Crippen molar-refractivity contribution in [2.45, 2.75) is 38.4 Å². The molecule has 0 saturated carbocycles. The molecule has 1 aromatic carbocycles. The number of nitrogens with one attached hydrogen (secondary N) is 1. The molecule has 7 nitrogen and oxygen atoms in total. The largest absolute Gasteiger partial charge is 0.327 e. The Morgan fingerprint density at radius 2 is 2.03 bits per heavy atom. The molecule has 0 radical (unpaired) electrons. The number of hydrogen-bond donors (Lipinski definition) is 1. The normalized spacial score (nSPS) is 21.8. The molecular weight excluding hydrogens is 402 g/mol. The van der Waals surface area contributed by atoms with E-state index in [0.29, 0.717) is 41.4 Å². The average Bonchev–Trinajstić information content (AvgIpc) is 3.34. The fraction of sp³-hybridized carbons (Fsp3) is 0.409. The van der Waals surface area contributed by atoms with Crippen LogP contribution in [0, 0.1) is 0 Å². The molecule has 2 aliphatic rings. The molecule has 30 heavy (non-hydrogen) atoms. The molecule has 0 aliphatic carbocycles. The molecule has 2 aliphatic heterocycles. The first-order valence-corrected chi connectivity index (χ1v) is 10.6. The Bertz CT molecular complexity index is 986. The van der Waals surface area contributed by atoms with Crippen molar-refractivity contribution in [3.05, 3.63) is 59.2 Å². The molecule has 2 atom stereocenters. The van der Waals surface area contributed by atoms with Crippen molar-refractivity contribution in [3.8, 4) is 0 Å². The number of benzene rings is 1. The molecular formula is C22H26ClN5O2.